The second kappa shape index (κ2) is 6.22. The van der Waals surface area contributed by atoms with Crippen molar-refractivity contribution in [3.8, 4) is 11.5 Å². The molecule has 0 heterocycles. The minimum Gasteiger partial charge on any atom is -0.497 e. The predicted molar refractivity (Wildman–Crippen MR) is 90.7 cm³/mol. The van der Waals surface area contributed by atoms with Crippen molar-refractivity contribution in [2.24, 2.45) is 0 Å². The molecule has 0 amide bonds. The summed E-state index contributed by atoms with van der Waals surface area (Å²) in [5.41, 5.74) is 0. The van der Waals surface area contributed by atoms with Crippen molar-refractivity contribution in [2.75, 3.05) is 14.2 Å². The summed E-state index contributed by atoms with van der Waals surface area (Å²) in [6.45, 7) is 2.90. The molecular formula is C16H20F2O2Si2. The summed E-state index contributed by atoms with van der Waals surface area (Å²) in [6.07, 6.45) is 0. The van der Waals surface area contributed by atoms with E-state index in [1.54, 1.807) is 62.8 Å². The number of benzene rings is 2. The van der Waals surface area contributed by atoms with Gasteiger partial charge in [0.05, 0.1) is 14.2 Å². The standard InChI is InChI=1S/C16H20F2O2Si2/c1-19-13-5-9-15(10-6-13)21(3,17)22(4,18)16-11-7-14(20-2)8-12-16/h5-12H,1-4H3/t21-,22-/m0/s1. The van der Waals surface area contributed by atoms with Crippen LogP contribution in [0.2, 0.25) is 13.1 Å². The van der Waals surface area contributed by atoms with Crippen LogP contribution in [0.25, 0.3) is 0 Å². The molecular weight excluding hydrogens is 318 g/mol. The maximum Gasteiger partial charge on any atom is 0.302 e. The Bertz CT molecular complexity index is 568. The molecule has 0 saturated carbocycles. The lowest BCUT2D eigenvalue weighted by Crippen LogP contribution is -2.67. The second-order valence-electron chi connectivity index (χ2n) is 5.46. The lowest BCUT2D eigenvalue weighted by Gasteiger charge is -2.30. The van der Waals surface area contributed by atoms with Gasteiger partial charge in [0.15, 0.2) is 0 Å². The summed E-state index contributed by atoms with van der Waals surface area (Å²) in [7, 11) is -4.37. The molecule has 0 spiro atoms. The van der Waals surface area contributed by atoms with Gasteiger partial charge in [0.25, 0.3) is 0 Å². The number of halogens is 2. The van der Waals surface area contributed by atoms with E-state index in [-0.39, 0.29) is 0 Å². The van der Waals surface area contributed by atoms with Gasteiger partial charge in [-0.1, -0.05) is 24.3 Å². The SMILES string of the molecule is COc1ccc([Si@@](C)(F)[Si@](C)(F)c2ccc(OC)cc2)cc1. The molecule has 2 aromatic carbocycles. The van der Waals surface area contributed by atoms with Gasteiger partial charge in [-0.15, -0.1) is 0 Å². The average molecular weight is 339 g/mol. The van der Waals surface area contributed by atoms with Crippen LogP contribution >= 0.6 is 0 Å². The first kappa shape index (κ1) is 16.7. The first-order valence-electron chi connectivity index (χ1n) is 7.00. The fraction of sp³-hybridized carbons (Fsp3) is 0.250. The van der Waals surface area contributed by atoms with Gasteiger partial charge in [-0.05, 0) is 47.7 Å². The van der Waals surface area contributed by atoms with E-state index in [2.05, 4.69) is 0 Å². The highest BCUT2D eigenvalue weighted by atomic mass is 29.3. The van der Waals surface area contributed by atoms with Crippen LogP contribution in [0.15, 0.2) is 48.5 Å². The number of ether oxygens (including phenoxy) is 2. The summed E-state index contributed by atoms with van der Waals surface area (Å²) >= 11 is 0. The molecule has 0 bridgehead atoms. The maximum absolute atomic E-state index is 15.5. The van der Waals surface area contributed by atoms with Crippen LogP contribution in [0.5, 0.6) is 11.5 Å². The highest BCUT2D eigenvalue weighted by Gasteiger charge is 2.55. The molecule has 118 valence electrons. The van der Waals surface area contributed by atoms with Gasteiger partial charge in [0, 0.05) is 0 Å². The lowest BCUT2D eigenvalue weighted by atomic mass is 10.3. The zero-order chi connectivity index (χ0) is 16.4. The highest BCUT2D eigenvalue weighted by molar-refractivity contribution is 7.45. The van der Waals surface area contributed by atoms with Gasteiger partial charge >= 0.3 is 15.9 Å². The number of hydrogen-bond acceptors (Lipinski definition) is 2. The normalized spacial score (nSPS) is 16.5. The van der Waals surface area contributed by atoms with E-state index in [0.717, 1.165) is 0 Å². The maximum atomic E-state index is 15.5. The minimum atomic E-state index is -3.74. The molecule has 2 rings (SSSR count). The van der Waals surface area contributed by atoms with Crippen molar-refractivity contribution in [3.05, 3.63) is 48.5 Å². The summed E-state index contributed by atoms with van der Waals surface area (Å²) in [4.78, 5) is 0. The summed E-state index contributed by atoms with van der Waals surface area (Å²) in [5, 5.41) is 0.918. The van der Waals surface area contributed by atoms with Gasteiger partial charge in [-0.3, -0.25) is 0 Å². The molecule has 0 aliphatic carbocycles. The lowest BCUT2D eigenvalue weighted by molar-refractivity contribution is 0.415. The highest BCUT2D eigenvalue weighted by Crippen LogP contribution is 2.24. The monoisotopic (exact) mass is 338 g/mol. The van der Waals surface area contributed by atoms with Crippen LogP contribution in [0.3, 0.4) is 0 Å². The molecule has 6 heteroatoms. The summed E-state index contributed by atoms with van der Waals surface area (Å²) in [6, 6.07) is 13.3. The predicted octanol–water partition coefficient (Wildman–Crippen LogP) is 2.99. The second-order valence-corrected chi connectivity index (χ2v) is 16.3. The van der Waals surface area contributed by atoms with E-state index in [4.69, 9.17) is 9.47 Å². The quantitative estimate of drug-likeness (QED) is 0.616. The third-order valence-electron chi connectivity index (χ3n) is 4.15. The Labute approximate surface area is 131 Å². The average Bonchev–Trinajstić information content (AvgIpc) is 2.54. The fourth-order valence-corrected chi connectivity index (χ4v) is 9.27. The van der Waals surface area contributed by atoms with Crippen molar-refractivity contribution in [2.45, 2.75) is 13.1 Å². The Morgan fingerprint density at radius 1 is 0.636 bits per heavy atom. The van der Waals surface area contributed by atoms with E-state index in [0.29, 0.717) is 21.9 Å². The van der Waals surface area contributed by atoms with E-state index in [1.165, 1.54) is 13.1 Å². The Balaban J connectivity index is 2.39. The van der Waals surface area contributed by atoms with Crippen molar-refractivity contribution in [3.63, 3.8) is 0 Å². The van der Waals surface area contributed by atoms with Gasteiger partial charge in [0.2, 0.25) is 0 Å². The minimum absolute atomic E-state index is 0.459. The molecule has 0 unspecified atom stereocenters. The van der Waals surface area contributed by atoms with E-state index < -0.39 is 15.9 Å². The van der Waals surface area contributed by atoms with Crippen molar-refractivity contribution < 1.29 is 17.7 Å². The largest absolute Gasteiger partial charge is 0.497 e. The summed E-state index contributed by atoms with van der Waals surface area (Å²) in [5.74, 6) is 1.28. The molecule has 2 atom stereocenters. The number of methoxy groups -OCH3 is 2. The van der Waals surface area contributed by atoms with Crippen LogP contribution in [-0.2, 0) is 0 Å². The van der Waals surface area contributed by atoms with Crippen LogP contribution < -0.4 is 19.8 Å². The molecule has 0 aliphatic heterocycles. The van der Waals surface area contributed by atoms with Gasteiger partial charge in [0.1, 0.15) is 11.5 Å². The van der Waals surface area contributed by atoms with Crippen molar-refractivity contribution >= 4 is 26.2 Å². The number of rotatable bonds is 5. The van der Waals surface area contributed by atoms with E-state index in [9.17, 15) is 0 Å². The van der Waals surface area contributed by atoms with E-state index in [1.807, 2.05) is 0 Å². The van der Waals surface area contributed by atoms with Gasteiger partial charge in [-0.2, -0.15) is 0 Å². The van der Waals surface area contributed by atoms with Gasteiger partial charge < -0.3 is 17.7 Å². The molecule has 0 radical (unpaired) electrons. The fourth-order valence-electron chi connectivity index (χ4n) is 2.35. The van der Waals surface area contributed by atoms with Gasteiger partial charge in [-0.25, -0.2) is 0 Å². The van der Waals surface area contributed by atoms with Crippen LogP contribution in [-0.4, -0.2) is 30.1 Å². The Kier molecular flexibility index (Phi) is 4.72. The number of hydrogen-bond donors (Lipinski definition) is 0. The third kappa shape index (κ3) is 2.93. The first-order valence-corrected chi connectivity index (χ1v) is 12.8. The Morgan fingerprint density at radius 2 is 0.909 bits per heavy atom. The molecule has 2 aromatic rings. The summed E-state index contributed by atoms with van der Waals surface area (Å²) < 4.78 is 41.1. The molecule has 0 fully saturated rings. The topological polar surface area (TPSA) is 18.5 Å². The molecule has 0 aromatic heterocycles. The smallest absolute Gasteiger partial charge is 0.302 e. The van der Waals surface area contributed by atoms with Crippen molar-refractivity contribution in [1.29, 1.82) is 0 Å². The van der Waals surface area contributed by atoms with Crippen molar-refractivity contribution in [1.82, 2.24) is 0 Å². The van der Waals surface area contributed by atoms with E-state index >= 15 is 8.22 Å². The molecule has 22 heavy (non-hydrogen) atoms. The Morgan fingerprint density at radius 3 is 1.14 bits per heavy atom. The van der Waals surface area contributed by atoms with Crippen LogP contribution in [0.1, 0.15) is 0 Å². The van der Waals surface area contributed by atoms with Crippen LogP contribution in [0.4, 0.5) is 8.22 Å². The first-order chi connectivity index (χ1) is 10.3. The third-order valence-corrected chi connectivity index (χ3v) is 15.8. The zero-order valence-electron chi connectivity index (χ0n) is 13.2. The zero-order valence-corrected chi connectivity index (χ0v) is 15.2. The molecule has 2 nitrogen and oxygen atoms in total. The molecule has 0 N–H and O–H groups in total. The van der Waals surface area contributed by atoms with Crippen LogP contribution in [0, 0.1) is 0 Å². The molecule has 0 saturated heterocycles. The Hall–Kier alpha value is -1.67. The molecule has 0 aliphatic rings.